The van der Waals surface area contributed by atoms with Crippen molar-refractivity contribution in [1.82, 2.24) is 0 Å². The zero-order valence-corrected chi connectivity index (χ0v) is 11.7. The molecular formula is C19H17F. The van der Waals surface area contributed by atoms with E-state index in [0.717, 1.165) is 11.1 Å². The fraction of sp³-hybridized carbons (Fsp3) is 0.158. The Hall–Kier alpha value is -2.15. The van der Waals surface area contributed by atoms with Crippen LogP contribution in [0.25, 0.3) is 22.3 Å². The van der Waals surface area contributed by atoms with Gasteiger partial charge in [0.25, 0.3) is 0 Å². The van der Waals surface area contributed by atoms with Gasteiger partial charge in [-0.2, -0.15) is 0 Å². The maximum atomic E-state index is 13.0. The Morgan fingerprint density at radius 1 is 0.750 bits per heavy atom. The third kappa shape index (κ3) is 2.32. The van der Waals surface area contributed by atoms with E-state index in [0.29, 0.717) is 5.92 Å². The van der Waals surface area contributed by atoms with Gasteiger partial charge >= 0.3 is 0 Å². The van der Waals surface area contributed by atoms with Gasteiger partial charge in [0.15, 0.2) is 0 Å². The van der Waals surface area contributed by atoms with Crippen LogP contribution in [-0.4, -0.2) is 0 Å². The van der Waals surface area contributed by atoms with Crippen molar-refractivity contribution in [2.45, 2.75) is 19.8 Å². The monoisotopic (exact) mass is 264 g/mol. The second-order valence-corrected chi connectivity index (χ2v) is 5.45. The van der Waals surface area contributed by atoms with Crippen molar-refractivity contribution in [2.75, 3.05) is 0 Å². The maximum absolute atomic E-state index is 13.0. The van der Waals surface area contributed by atoms with E-state index < -0.39 is 0 Å². The van der Waals surface area contributed by atoms with Gasteiger partial charge in [-0.25, -0.2) is 4.39 Å². The summed E-state index contributed by atoms with van der Waals surface area (Å²) in [5.74, 6) is 0.312. The van der Waals surface area contributed by atoms with Crippen molar-refractivity contribution in [3.8, 4) is 22.3 Å². The molecule has 0 radical (unpaired) electrons. The molecular weight excluding hydrogens is 247 g/mol. The number of fused-ring (bicyclic) bond motifs is 1. The Bertz CT molecular complexity index is 695. The highest BCUT2D eigenvalue weighted by molar-refractivity contribution is 5.86. The zero-order valence-electron chi connectivity index (χ0n) is 11.7. The molecule has 2 aliphatic rings. The van der Waals surface area contributed by atoms with Gasteiger partial charge in [-0.3, -0.25) is 0 Å². The van der Waals surface area contributed by atoms with E-state index in [4.69, 9.17) is 0 Å². The minimum atomic E-state index is -0.197. The molecule has 20 heavy (non-hydrogen) atoms. The van der Waals surface area contributed by atoms with Crippen molar-refractivity contribution in [3.05, 3.63) is 72.0 Å². The van der Waals surface area contributed by atoms with E-state index in [9.17, 15) is 4.39 Å². The first-order chi connectivity index (χ1) is 9.65. The van der Waals surface area contributed by atoms with Crippen LogP contribution >= 0.6 is 0 Å². The lowest BCUT2D eigenvalue weighted by Gasteiger charge is -2.03. The van der Waals surface area contributed by atoms with Crippen LogP contribution < -0.4 is 0 Å². The highest BCUT2D eigenvalue weighted by Crippen LogP contribution is 2.36. The molecule has 0 spiro atoms. The zero-order chi connectivity index (χ0) is 14.1. The number of benzene rings is 1. The second-order valence-electron chi connectivity index (χ2n) is 5.45. The maximum Gasteiger partial charge on any atom is 0.123 e. The summed E-state index contributed by atoms with van der Waals surface area (Å²) < 4.78 is 13.0. The smallest absolute Gasteiger partial charge is 0.123 e. The second kappa shape index (κ2) is 5.09. The van der Waals surface area contributed by atoms with Gasteiger partial charge in [-0.15, -0.1) is 0 Å². The predicted molar refractivity (Wildman–Crippen MR) is 82.5 cm³/mol. The summed E-state index contributed by atoms with van der Waals surface area (Å²) in [4.78, 5) is 0. The van der Waals surface area contributed by atoms with E-state index in [2.05, 4.69) is 50.2 Å². The molecule has 1 aromatic carbocycles. The van der Waals surface area contributed by atoms with Crippen LogP contribution in [-0.2, 0) is 0 Å². The summed E-state index contributed by atoms with van der Waals surface area (Å²) in [6, 6.07) is 19.6. The Balaban J connectivity index is 2.11. The molecule has 0 unspecified atom stereocenters. The summed E-state index contributed by atoms with van der Waals surface area (Å²) in [5.41, 5.74) is 5.99. The molecule has 0 heterocycles. The van der Waals surface area contributed by atoms with Gasteiger partial charge in [0.1, 0.15) is 5.82 Å². The average molecular weight is 264 g/mol. The highest BCUT2D eigenvalue weighted by atomic mass is 19.1. The first-order valence-electron chi connectivity index (χ1n) is 6.94. The third-order valence-electron chi connectivity index (χ3n) is 3.73. The molecule has 2 aliphatic carbocycles. The Kier molecular flexibility index (Phi) is 3.27. The van der Waals surface area contributed by atoms with Crippen LogP contribution in [0, 0.1) is 5.82 Å². The van der Waals surface area contributed by atoms with Crippen molar-refractivity contribution >= 4 is 0 Å². The molecule has 1 aromatic rings. The SMILES string of the molecule is CC(C)c1cccc2c(-c3ccc(F)cc3)ccc-2c1. The van der Waals surface area contributed by atoms with Crippen LogP contribution in [0.5, 0.6) is 0 Å². The molecule has 100 valence electrons. The first kappa shape index (κ1) is 12.9. The molecule has 0 N–H and O–H groups in total. The first-order valence-corrected chi connectivity index (χ1v) is 6.94. The summed E-state index contributed by atoms with van der Waals surface area (Å²) in [5, 5.41) is 0. The number of hydrogen-bond acceptors (Lipinski definition) is 0. The van der Waals surface area contributed by atoms with Gasteiger partial charge < -0.3 is 0 Å². The Morgan fingerprint density at radius 3 is 2.10 bits per heavy atom. The van der Waals surface area contributed by atoms with E-state index in [1.165, 1.54) is 28.8 Å². The molecule has 3 rings (SSSR count). The summed E-state index contributed by atoms with van der Waals surface area (Å²) in [7, 11) is 0. The van der Waals surface area contributed by atoms with Gasteiger partial charge in [0.2, 0.25) is 0 Å². The fourth-order valence-corrected chi connectivity index (χ4v) is 2.54. The van der Waals surface area contributed by atoms with Crippen molar-refractivity contribution in [2.24, 2.45) is 0 Å². The van der Waals surface area contributed by atoms with Crippen LogP contribution in [0.1, 0.15) is 25.3 Å². The molecule has 0 nitrogen and oxygen atoms in total. The lowest BCUT2D eigenvalue weighted by atomic mass is 10.0. The highest BCUT2D eigenvalue weighted by Gasteiger charge is 2.11. The molecule has 0 atom stereocenters. The topological polar surface area (TPSA) is 0 Å². The van der Waals surface area contributed by atoms with Gasteiger partial charge in [0.05, 0.1) is 0 Å². The molecule has 0 aromatic heterocycles. The molecule has 0 amide bonds. The quantitative estimate of drug-likeness (QED) is 0.555. The number of halogens is 1. The van der Waals surface area contributed by atoms with Gasteiger partial charge in [-0.1, -0.05) is 62.4 Å². The molecule has 1 heteroatoms. The lowest BCUT2D eigenvalue weighted by molar-refractivity contribution is 0.628. The van der Waals surface area contributed by atoms with Crippen molar-refractivity contribution in [1.29, 1.82) is 0 Å². The Labute approximate surface area is 119 Å². The average Bonchev–Trinajstić information content (AvgIpc) is 2.69. The summed E-state index contributed by atoms with van der Waals surface area (Å²) >= 11 is 0. The van der Waals surface area contributed by atoms with E-state index in [1.807, 2.05) is 12.1 Å². The number of hydrogen-bond donors (Lipinski definition) is 0. The van der Waals surface area contributed by atoms with Crippen molar-refractivity contribution in [3.63, 3.8) is 0 Å². The third-order valence-corrected chi connectivity index (χ3v) is 3.73. The fourth-order valence-electron chi connectivity index (χ4n) is 2.54. The lowest BCUT2D eigenvalue weighted by Crippen LogP contribution is -1.83. The standard InChI is InChI=1S/C19H17F/c1-13(2)15-4-3-5-18-16(12-15)8-11-19(18)14-6-9-17(20)10-7-14/h3-13H,1-2H3. The molecule has 0 saturated carbocycles. The molecule has 0 aliphatic heterocycles. The minimum absolute atomic E-state index is 0.197. The summed E-state index contributed by atoms with van der Waals surface area (Å²) in [6.07, 6.45) is 0. The molecule has 0 saturated heterocycles. The van der Waals surface area contributed by atoms with E-state index >= 15 is 0 Å². The van der Waals surface area contributed by atoms with Gasteiger partial charge in [0, 0.05) is 0 Å². The van der Waals surface area contributed by atoms with E-state index in [-0.39, 0.29) is 5.82 Å². The minimum Gasteiger partial charge on any atom is -0.207 e. The Morgan fingerprint density at radius 2 is 1.40 bits per heavy atom. The largest absolute Gasteiger partial charge is 0.207 e. The van der Waals surface area contributed by atoms with E-state index in [1.54, 1.807) is 0 Å². The van der Waals surface area contributed by atoms with Crippen LogP contribution in [0.4, 0.5) is 4.39 Å². The number of rotatable bonds is 2. The van der Waals surface area contributed by atoms with Crippen LogP contribution in [0.15, 0.2) is 60.7 Å². The molecule has 0 fully saturated rings. The summed E-state index contributed by atoms with van der Waals surface area (Å²) in [6.45, 7) is 4.40. The molecule has 0 bridgehead atoms. The van der Waals surface area contributed by atoms with Crippen molar-refractivity contribution < 1.29 is 4.39 Å². The van der Waals surface area contributed by atoms with Crippen LogP contribution in [0.2, 0.25) is 0 Å². The predicted octanol–water partition coefficient (Wildman–Crippen LogP) is 5.72. The normalized spacial score (nSPS) is 11.2. The van der Waals surface area contributed by atoms with Gasteiger partial charge in [-0.05, 0) is 45.9 Å². The van der Waals surface area contributed by atoms with Crippen LogP contribution in [0.3, 0.4) is 0 Å².